The Labute approximate surface area is 135 Å². The summed E-state index contributed by atoms with van der Waals surface area (Å²) >= 11 is 5.88. The average Bonchev–Trinajstić information content (AvgIpc) is 2.53. The lowest BCUT2D eigenvalue weighted by Crippen LogP contribution is -2.11. The molecule has 2 N–H and O–H groups in total. The van der Waals surface area contributed by atoms with Gasteiger partial charge in [-0.2, -0.15) is 0 Å². The Balaban J connectivity index is 2.28. The number of rotatable bonds is 6. The van der Waals surface area contributed by atoms with Crippen LogP contribution in [0.3, 0.4) is 0 Å². The molecule has 0 fully saturated rings. The molecule has 116 valence electrons. The topological polar surface area (TPSA) is 57.5 Å². The van der Waals surface area contributed by atoms with Crippen molar-refractivity contribution in [3.05, 3.63) is 70.2 Å². The molecular formula is C18H19ClO3. The molecule has 0 amide bonds. The molecule has 2 unspecified atom stereocenters. The zero-order valence-corrected chi connectivity index (χ0v) is 13.1. The van der Waals surface area contributed by atoms with E-state index < -0.39 is 12.1 Å². The second kappa shape index (κ2) is 7.43. The number of carboxylic acids is 1. The Morgan fingerprint density at radius 1 is 1.05 bits per heavy atom. The van der Waals surface area contributed by atoms with Crippen molar-refractivity contribution in [2.75, 3.05) is 0 Å². The highest BCUT2D eigenvalue weighted by molar-refractivity contribution is 6.30. The third kappa shape index (κ3) is 3.87. The third-order valence-corrected chi connectivity index (χ3v) is 4.03. The van der Waals surface area contributed by atoms with Crippen LogP contribution in [-0.2, 0) is 0 Å². The van der Waals surface area contributed by atoms with Gasteiger partial charge in [0.05, 0.1) is 11.7 Å². The molecule has 0 aliphatic rings. The minimum atomic E-state index is -0.947. The predicted octanol–water partition coefficient (Wildman–Crippen LogP) is 4.66. The van der Waals surface area contributed by atoms with E-state index in [9.17, 15) is 9.90 Å². The summed E-state index contributed by atoms with van der Waals surface area (Å²) < 4.78 is 0. The second-order valence-electron chi connectivity index (χ2n) is 5.32. The van der Waals surface area contributed by atoms with Crippen LogP contribution in [0.15, 0.2) is 48.5 Å². The van der Waals surface area contributed by atoms with E-state index in [1.54, 1.807) is 36.4 Å². The van der Waals surface area contributed by atoms with E-state index >= 15 is 0 Å². The molecular weight excluding hydrogens is 300 g/mol. The third-order valence-electron chi connectivity index (χ3n) is 3.78. The van der Waals surface area contributed by atoms with Gasteiger partial charge >= 0.3 is 5.97 Å². The molecule has 3 nitrogen and oxygen atoms in total. The Bertz CT molecular complexity index is 620. The van der Waals surface area contributed by atoms with Gasteiger partial charge in [-0.1, -0.05) is 49.2 Å². The largest absolute Gasteiger partial charge is 0.478 e. The van der Waals surface area contributed by atoms with Gasteiger partial charge in [0.15, 0.2) is 0 Å². The Morgan fingerprint density at radius 2 is 1.59 bits per heavy atom. The summed E-state index contributed by atoms with van der Waals surface area (Å²) in [5.74, 6) is -1.02. The molecule has 0 saturated heterocycles. The van der Waals surface area contributed by atoms with Gasteiger partial charge in [0.2, 0.25) is 0 Å². The number of hydrogen-bond acceptors (Lipinski definition) is 2. The van der Waals surface area contributed by atoms with E-state index in [4.69, 9.17) is 16.7 Å². The minimum Gasteiger partial charge on any atom is -0.478 e. The van der Waals surface area contributed by atoms with E-state index in [0.29, 0.717) is 5.02 Å². The van der Waals surface area contributed by atoms with Crippen LogP contribution in [0, 0.1) is 0 Å². The van der Waals surface area contributed by atoms with Crippen molar-refractivity contribution in [1.29, 1.82) is 0 Å². The van der Waals surface area contributed by atoms with Crippen molar-refractivity contribution >= 4 is 17.6 Å². The van der Waals surface area contributed by atoms with Crippen LogP contribution in [0.2, 0.25) is 5.02 Å². The Hall–Kier alpha value is -1.84. The summed E-state index contributed by atoms with van der Waals surface area (Å²) in [5.41, 5.74) is 2.00. The molecule has 4 heteroatoms. The van der Waals surface area contributed by atoms with Crippen molar-refractivity contribution in [2.45, 2.75) is 31.8 Å². The van der Waals surface area contributed by atoms with E-state index in [1.807, 2.05) is 12.1 Å². The maximum Gasteiger partial charge on any atom is 0.335 e. The fraction of sp³-hybridized carbons (Fsp3) is 0.278. The summed E-state index contributed by atoms with van der Waals surface area (Å²) in [6.07, 6.45) is 1.10. The van der Waals surface area contributed by atoms with E-state index in [2.05, 4.69) is 6.92 Å². The number of benzene rings is 2. The highest BCUT2D eigenvalue weighted by atomic mass is 35.5. The van der Waals surface area contributed by atoms with Crippen LogP contribution < -0.4 is 0 Å². The van der Waals surface area contributed by atoms with Crippen molar-refractivity contribution in [3.8, 4) is 0 Å². The van der Waals surface area contributed by atoms with Gasteiger partial charge in [-0.05, 0) is 41.8 Å². The van der Waals surface area contributed by atoms with E-state index in [1.165, 1.54) is 0 Å². The zero-order chi connectivity index (χ0) is 16.1. The molecule has 2 rings (SSSR count). The monoisotopic (exact) mass is 318 g/mol. The summed E-state index contributed by atoms with van der Waals surface area (Å²) in [7, 11) is 0. The molecule has 0 bridgehead atoms. The minimum absolute atomic E-state index is 0.0750. The maximum absolute atomic E-state index is 10.9. The first-order chi connectivity index (χ1) is 10.5. The molecule has 2 atom stereocenters. The highest BCUT2D eigenvalue weighted by Crippen LogP contribution is 2.35. The first-order valence-electron chi connectivity index (χ1n) is 7.29. The normalized spacial score (nSPS) is 13.6. The SMILES string of the molecule is CCCC(c1ccc(C(=O)O)cc1)C(O)c1ccc(Cl)cc1. The first kappa shape index (κ1) is 16.5. The lowest BCUT2D eigenvalue weighted by atomic mass is 9.85. The highest BCUT2D eigenvalue weighted by Gasteiger charge is 2.22. The maximum atomic E-state index is 10.9. The summed E-state index contributed by atoms with van der Waals surface area (Å²) in [6, 6.07) is 13.9. The van der Waals surface area contributed by atoms with Crippen LogP contribution in [0.25, 0.3) is 0 Å². The number of aromatic carboxylic acids is 1. The van der Waals surface area contributed by atoms with E-state index in [0.717, 1.165) is 24.0 Å². The molecule has 0 aliphatic carbocycles. The summed E-state index contributed by atoms with van der Waals surface area (Å²) in [4.78, 5) is 10.9. The number of halogens is 1. The van der Waals surface area contributed by atoms with Crippen molar-refractivity contribution < 1.29 is 15.0 Å². The molecule has 0 aliphatic heterocycles. The fourth-order valence-electron chi connectivity index (χ4n) is 2.58. The first-order valence-corrected chi connectivity index (χ1v) is 7.67. The van der Waals surface area contributed by atoms with E-state index in [-0.39, 0.29) is 11.5 Å². The fourth-order valence-corrected chi connectivity index (χ4v) is 2.71. The lowest BCUT2D eigenvalue weighted by Gasteiger charge is -2.23. The van der Waals surface area contributed by atoms with Crippen molar-refractivity contribution in [2.24, 2.45) is 0 Å². The van der Waals surface area contributed by atoms with Gasteiger partial charge in [-0.15, -0.1) is 0 Å². The number of hydrogen-bond donors (Lipinski definition) is 2. The van der Waals surface area contributed by atoms with Gasteiger partial charge in [-0.25, -0.2) is 4.79 Å². The number of carbonyl (C=O) groups is 1. The molecule has 0 radical (unpaired) electrons. The molecule has 2 aromatic rings. The smallest absolute Gasteiger partial charge is 0.335 e. The van der Waals surface area contributed by atoms with Crippen molar-refractivity contribution in [3.63, 3.8) is 0 Å². The van der Waals surface area contributed by atoms with Crippen molar-refractivity contribution in [1.82, 2.24) is 0 Å². The van der Waals surface area contributed by atoms with Crippen LogP contribution >= 0.6 is 11.6 Å². The molecule has 0 spiro atoms. The van der Waals surface area contributed by atoms with Crippen LogP contribution in [0.1, 0.15) is 53.3 Å². The molecule has 22 heavy (non-hydrogen) atoms. The van der Waals surface area contributed by atoms with Gasteiger partial charge < -0.3 is 10.2 Å². The predicted molar refractivity (Wildman–Crippen MR) is 87.5 cm³/mol. The molecule has 0 saturated carbocycles. The summed E-state index contributed by atoms with van der Waals surface area (Å²) in [5, 5.41) is 20.3. The molecule has 0 aromatic heterocycles. The molecule has 0 heterocycles. The quantitative estimate of drug-likeness (QED) is 0.814. The standard InChI is InChI=1S/C18H19ClO3/c1-2-3-16(12-4-6-14(7-5-12)18(21)22)17(20)13-8-10-15(19)11-9-13/h4-11,16-17,20H,2-3H2,1H3,(H,21,22). The number of aliphatic hydroxyl groups excluding tert-OH is 1. The van der Waals surface area contributed by atoms with Gasteiger partial charge in [0, 0.05) is 10.9 Å². The lowest BCUT2D eigenvalue weighted by molar-refractivity contribution is 0.0697. The van der Waals surface area contributed by atoms with Crippen LogP contribution in [0.5, 0.6) is 0 Å². The van der Waals surface area contributed by atoms with Crippen LogP contribution in [-0.4, -0.2) is 16.2 Å². The van der Waals surface area contributed by atoms with Gasteiger partial charge in [0.1, 0.15) is 0 Å². The molecule has 2 aromatic carbocycles. The zero-order valence-electron chi connectivity index (χ0n) is 12.4. The average molecular weight is 319 g/mol. The number of aliphatic hydroxyl groups is 1. The van der Waals surface area contributed by atoms with Crippen LogP contribution in [0.4, 0.5) is 0 Å². The van der Waals surface area contributed by atoms with Gasteiger partial charge in [-0.3, -0.25) is 0 Å². The number of carboxylic acid groups (broad SMARTS) is 1. The summed E-state index contributed by atoms with van der Waals surface area (Å²) in [6.45, 7) is 2.06. The second-order valence-corrected chi connectivity index (χ2v) is 5.76. The Kier molecular flexibility index (Phi) is 5.58. The Morgan fingerprint density at radius 3 is 2.09 bits per heavy atom. The van der Waals surface area contributed by atoms with Gasteiger partial charge in [0.25, 0.3) is 0 Å².